The zero-order valence-electron chi connectivity index (χ0n) is 11.2. The Morgan fingerprint density at radius 1 is 1.30 bits per heavy atom. The van der Waals surface area contributed by atoms with Gasteiger partial charge in [-0.05, 0) is 18.4 Å². The van der Waals surface area contributed by atoms with Crippen molar-refractivity contribution in [2.24, 2.45) is 5.92 Å². The number of aryl methyl sites for hydroxylation is 3. The molecule has 2 heterocycles. The molecule has 0 saturated heterocycles. The maximum absolute atomic E-state index is 11.0. The lowest BCUT2D eigenvalue weighted by Crippen LogP contribution is -2.27. The lowest BCUT2D eigenvalue weighted by atomic mass is 10.0. The smallest absolute Gasteiger partial charge is 0.308 e. The molecule has 1 unspecified atom stereocenters. The third kappa shape index (κ3) is 2.71. The average Bonchev–Trinajstić information content (AvgIpc) is 2.88. The number of nitrogens with zero attached hydrogens (tertiary/aromatic N) is 3. The van der Waals surface area contributed by atoms with Crippen LogP contribution in [0.3, 0.4) is 0 Å². The molecule has 1 aromatic carbocycles. The first-order valence-corrected chi connectivity index (χ1v) is 6.91. The fourth-order valence-electron chi connectivity index (χ4n) is 2.57. The second-order valence-electron chi connectivity index (χ2n) is 5.19. The maximum Gasteiger partial charge on any atom is 0.308 e. The molecular formula is C15H17N3O2. The monoisotopic (exact) mass is 271 g/mol. The molecule has 2 aromatic rings. The van der Waals surface area contributed by atoms with Crippen molar-refractivity contribution in [3.63, 3.8) is 0 Å². The van der Waals surface area contributed by atoms with E-state index >= 15 is 0 Å². The van der Waals surface area contributed by atoms with Crippen molar-refractivity contribution in [1.29, 1.82) is 0 Å². The first-order chi connectivity index (χ1) is 9.72. The van der Waals surface area contributed by atoms with E-state index in [1.165, 1.54) is 5.56 Å². The molecule has 0 amide bonds. The number of aromatic nitrogens is 3. The minimum Gasteiger partial charge on any atom is -0.481 e. The topological polar surface area (TPSA) is 68.0 Å². The summed E-state index contributed by atoms with van der Waals surface area (Å²) in [6.45, 7) is 0.447. The van der Waals surface area contributed by atoms with Gasteiger partial charge in [0.1, 0.15) is 5.82 Å². The summed E-state index contributed by atoms with van der Waals surface area (Å²) in [4.78, 5) is 15.5. The van der Waals surface area contributed by atoms with Gasteiger partial charge < -0.3 is 5.11 Å². The molecule has 5 nitrogen and oxygen atoms in total. The second kappa shape index (κ2) is 5.45. The number of fused-ring (bicyclic) bond motifs is 1. The van der Waals surface area contributed by atoms with Gasteiger partial charge in [0.05, 0.1) is 12.5 Å². The van der Waals surface area contributed by atoms with Gasteiger partial charge >= 0.3 is 5.97 Å². The van der Waals surface area contributed by atoms with E-state index < -0.39 is 5.97 Å². The number of carboxylic acid groups (broad SMARTS) is 1. The van der Waals surface area contributed by atoms with E-state index in [9.17, 15) is 4.79 Å². The normalized spacial score (nSPS) is 17.7. The van der Waals surface area contributed by atoms with E-state index in [0.29, 0.717) is 19.4 Å². The van der Waals surface area contributed by atoms with Crippen molar-refractivity contribution in [3.8, 4) is 0 Å². The van der Waals surface area contributed by atoms with Gasteiger partial charge in [-0.15, -0.1) is 0 Å². The summed E-state index contributed by atoms with van der Waals surface area (Å²) in [7, 11) is 0. The van der Waals surface area contributed by atoms with Crippen LogP contribution in [0.25, 0.3) is 0 Å². The van der Waals surface area contributed by atoms with Crippen LogP contribution in [0.2, 0.25) is 0 Å². The third-order valence-corrected chi connectivity index (χ3v) is 3.73. The molecule has 1 N–H and O–H groups in total. The third-order valence-electron chi connectivity index (χ3n) is 3.73. The Hall–Kier alpha value is -2.17. The van der Waals surface area contributed by atoms with Gasteiger partial charge in [0, 0.05) is 12.8 Å². The van der Waals surface area contributed by atoms with E-state index in [1.54, 1.807) is 4.68 Å². The zero-order valence-corrected chi connectivity index (χ0v) is 11.2. The van der Waals surface area contributed by atoms with Gasteiger partial charge in [-0.25, -0.2) is 9.67 Å². The molecule has 3 rings (SSSR count). The van der Waals surface area contributed by atoms with Crippen LogP contribution in [0, 0.1) is 5.92 Å². The van der Waals surface area contributed by atoms with Gasteiger partial charge in [0.15, 0.2) is 5.82 Å². The fourth-order valence-corrected chi connectivity index (χ4v) is 2.57. The summed E-state index contributed by atoms with van der Waals surface area (Å²) in [6, 6.07) is 10.2. The lowest BCUT2D eigenvalue weighted by molar-refractivity contribution is -0.142. The van der Waals surface area contributed by atoms with Gasteiger partial charge in [0.25, 0.3) is 0 Å². The van der Waals surface area contributed by atoms with Crippen LogP contribution in [-0.4, -0.2) is 25.8 Å². The van der Waals surface area contributed by atoms with Crippen molar-refractivity contribution >= 4 is 5.97 Å². The Kier molecular flexibility index (Phi) is 3.50. The highest BCUT2D eigenvalue weighted by Crippen LogP contribution is 2.19. The number of carbonyl (C=O) groups is 1. The van der Waals surface area contributed by atoms with E-state index in [1.807, 2.05) is 18.2 Å². The van der Waals surface area contributed by atoms with E-state index in [4.69, 9.17) is 5.11 Å². The van der Waals surface area contributed by atoms with Crippen LogP contribution in [0.15, 0.2) is 30.3 Å². The Bertz CT molecular complexity index is 607. The number of hydrogen-bond acceptors (Lipinski definition) is 3. The highest BCUT2D eigenvalue weighted by Gasteiger charge is 2.26. The predicted molar refractivity (Wildman–Crippen MR) is 73.3 cm³/mol. The van der Waals surface area contributed by atoms with Gasteiger partial charge in [-0.3, -0.25) is 4.79 Å². The molecule has 20 heavy (non-hydrogen) atoms. The van der Waals surface area contributed by atoms with Crippen molar-refractivity contribution < 1.29 is 9.90 Å². The van der Waals surface area contributed by atoms with E-state index in [0.717, 1.165) is 24.5 Å². The Morgan fingerprint density at radius 2 is 2.10 bits per heavy atom. The standard InChI is InChI=1S/C15H17N3O2/c19-15(20)12-7-9-14-16-13(17-18(14)10-12)8-6-11-4-2-1-3-5-11/h1-5,12H,6-10H2,(H,19,20). The van der Waals surface area contributed by atoms with Crippen molar-refractivity contribution in [2.75, 3.05) is 0 Å². The minimum atomic E-state index is -0.739. The van der Waals surface area contributed by atoms with Crippen molar-refractivity contribution in [3.05, 3.63) is 47.5 Å². The molecule has 1 aliphatic rings. The van der Waals surface area contributed by atoms with Gasteiger partial charge in [0.2, 0.25) is 0 Å². The predicted octanol–water partition coefficient (Wildman–Crippen LogP) is 1.71. The summed E-state index contributed by atoms with van der Waals surface area (Å²) in [5.41, 5.74) is 1.27. The average molecular weight is 271 g/mol. The van der Waals surface area contributed by atoms with Crippen LogP contribution in [0.5, 0.6) is 0 Å². The number of benzene rings is 1. The Balaban J connectivity index is 1.67. The summed E-state index contributed by atoms with van der Waals surface area (Å²) in [6.07, 6.45) is 3.07. The molecule has 1 aromatic heterocycles. The van der Waals surface area contributed by atoms with Gasteiger partial charge in [-0.1, -0.05) is 30.3 Å². The molecule has 0 saturated carbocycles. The molecule has 0 aliphatic carbocycles. The molecule has 1 atom stereocenters. The highest BCUT2D eigenvalue weighted by molar-refractivity contribution is 5.70. The fraction of sp³-hybridized carbons (Fsp3) is 0.400. The summed E-state index contributed by atoms with van der Waals surface area (Å²) >= 11 is 0. The zero-order chi connectivity index (χ0) is 13.9. The molecule has 0 bridgehead atoms. The van der Waals surface area contributed by atoms with Crippen LogP contribution in [-0.2, 0) is 30.6 Å². The Labute approximate surface area is 117 Å². The van der Waals surface area contributed by atoms with Crippen LogP contribution < -0.4 is 0 Å². The summed E-state index contributed by atoms with van der Waals surface area (Å²) in [5.74, 6) is 0.670. The second-order valence-corrected chi connectivity index (χ2v) is 5.19. The maximum atomic E-state index is 11.0. The molecule has 0 spiro atoms. The summed E-state index contributed by atoms with van der Waals surface area (Å²) < 4.78 is 1.77. The molecular weight excluding hydrogens is 254 g/mol. The van der Waals surface area contributed by atoms with E-state index in [-0.39, 0.29) is 5.92 Å². The molecule has 0 radical (unpaired) electrons. The largest absolute Gasteiger partial charge is 0.481 e. The quantitative estimate of drug-likeness (QED) is 0.919. The summed E-state index contributed by atoms with van der Waals surface area (Å²) in [5, 5.41) is 13.5. The van der Waals surface area contributed by atoms with Crippen molar-refractivity contribution in [1.82, 2.24) is 14.8 Å². The number of hydrogen-bond donors (Lipinski definition) is 1. The SMILES string of the molecule is O=C(O)C1CCc2nc(CCc3ccccc3)nn2C1. The first kappa shape index (κ1) is 12.8. The molecule has 1 aliphatic heterocycles. The van der Waals surface area contributed by atoms with Crippen LogP contribution in [0.1, 0.15) is 23.6 Å². The van der Waals surface area contributed by atoms with Crippen LogP contribution in [0.4, 0.5) is 0 Å². The number of carboxylic acids is 1. The molecule has 104 valence electrons. The minimum absolute atomic E-state index is 0.328. The van der Waals surface area contributed by atoms with Gasteiger partial charge in [-0.2, -0.15) is 5.10 Å². The highest BCUT2D eigenvalue weighted by atomic mass is 16.4. The number of rotatable bonds is 4. The van der Waals surface area contributed by atoms with E-state index in [2.05, 4.69) is 22.2 Å². The molecule has 0 fully saturated rings. The lowest BCUT2D eigenvalue weighted by Gasteiger charge is -2.18. The van der Waals surface area contributed by atoms with Crippen molar-refractivity contribution in [2.45, 2.75) is 32.2 Å². The van der Waals surface area contributed by atoms with Crippen LogP contribution >= 0.6 is 0 Å². The molecule has 5 heteroatoms. The Morgan fingerprint density at radius 3 is 2.85 bits per heavy atom. The number of aliphatic carboxylic acids is 1. The first-order valence-electron chi connectivity index (χ1n) is 6.91.